The highest BCUT2D eigenvalue weighted by molar-refractivity contribution is 5.65. The van der Waals surface area contributed by atoms with Crippen LogP contribution in [0.4, 0.5) is 9.18 Å². The van der Waals surface area contributed by atoms with Gasteiger partial charge >= 0.3 is 6.09 Å². The summed E-state index contributed by atoms with van der Waals surface area (Å²) < 4.78 is 18.6. The number of nitrogens with zero attached hydrogens (tertiary/aromatic N) is 1. The summed E-state index contributed by atoms with van der Waals surface area (Å²) in [5.74, 6) is 1.22. The van der Waals surface area contributed by atoms with Gasteiger partial charge in [0.05, 0.1) is 6.10 Å². The molecule has 1 aromatic carbocycles. The number of ether oxygens (including phenoxy) is 1. The number of carbonyl (C=O) groups is 1. The summed E-state index contributed by atoms with van der Waals surface area (Å²) in [4.78, 5) is 12.4. The van der Waals surface area contributed by atoms with E-state index in [1.54, 1.807) is 12.1 Å². The maximum absolute atomic E-state index is 12.8. The Morgan fingerprint density at radius 3 is 2.32 bits per heavy atom. The minimum Gasteiger partial charge on any atom is -0.490 e. The third kappa shape index (κ3) is 2.50. The highest BCUT2D eigenvalue weighted by Crippen LogP contribution is 2.39. The summed E-state index contributed by atoms with van der Waals surface area (Å²) in [5, 5.41) is 8.95. The van der Waals surface area contributed by atoms with Crippen LogP contribution in [-0.2, 0) is 0 Å². The molecule has 0 aromatic heterocycles. The lowest BCUT2D eigenvalue weighted by Crippen LogP contribution is -2.29. The number of hydrogen-bond acceptors (Lipinski definition) is 2. The Balaban J connectivity index is 1.57. The summed E-state index contributed by atoms with van der Waals surface area (Å²) in [7, 11) is 0. The number of amides is 1. The van der Waals surface area contributed by atoms with Crippen molar-refractivity contribution in [3.8, 4) is 5.75 Å². The van der Waals surface area contributed by atoms with Crippen LogP contribution in [0.2, 0.25) is 0 Å². The number of halogens is 1. The van der Waals surface area contributed by atoms with Gasteiger partial charge in [0.2, 0.25) is 0 Å². The molecule has 2 aliphatic rings. The first-order valence-electron chi connectivity index (χ1n) is 6.52. The third-order valence-electron chi connectivity index (χ3n) is 4.09. The van der Waals surface area contributed by atoms with Gasteiger partial charge in [0.1, 0.15) is 11.6 Å². The molecule has 1 amide bonds. The van der Waals surface area contributed by atoms with Gasteiger partial charge in [-0.25, -0.2) is 9.18 Å². The van der Waals surface area contributed by atoms with Crippen LogP contribution in [0.15, 0.2) is 24.3 Å². The molecule has 4 nitrogen and oxygen atoms in total. The van der Waals surface area contributed by atoms with Gasteiger partial charge in [-0.2, -0.15) is 0 Å². The lowest BCUT2D eigenvalue weighted by Gasteiger charge is -2.17. The maximum Gasteiger partial charge on any atom is 0.407 e. The first-order chi connectivity index (χ1) is 9.11. The van der Waals surface area contributed by atoms with E-state index in [0.717, 1.165) is 12.8 Å². The Labute approximate surface area is 110 Å². The molecular formula is C14H16FNO3. The number of fused-ring (bicyclic) bond motifs is 1. The first kappa shape index (κ1) is 12.3. The molecule has 1 aliphatic heterocycles. The van der Waals surface area contributed by atoms with Crippen LogP contribution in [0, 0.1) is 17.7 Å². The average Bonchev–Trinajstić information content (AvgIpc) is 2.90. The predicted molar refractivity (Wildman–Crippen MR) is 66.6 cm³/mol. The quantitative estimate of drug-likeness (QED) is 0.894. The van der Waals surface area contributed by atoms with Crippen LogP contribution in [0.25, 0.3) is 0 Å². The molecule has 2 fully saturated rings. The standard InChI is InChI=1S/C14H16FNO3/c15-11-1-3-12(4-2-11)19-13-5-9-7-16(14(17)18)8-10(9)6-13/h1-4,9-10,13H,5-8H2,(H,17,18)/t9-,10-/m1/s1. The SMILES string of the molecule is O=C(O)N1C[C@H]2CC(Oc3ccc(F)cc3)C[C@@H]2C1. The molecule has 1 N–H and O–H groups in total. The number of carboxylic acid groups (broad SMARTS) is 1. The summed E-state index contributed by atoms with van der Waals surface area (Å²) in [6, 6.07) is 6.04. The van der Waals surface area contributed by atoms with Crippen molar-refractivity contribution in [3.63, 3.8) is 0 Å². The zero-order chi connectivity index (χ0) is 13.4. The molecule has 19 heavy (non-hydrogen) atoms. The first-order valence-corrected chi connectivity index (χ1v) is 6.52. The van der Waals surface area contributed by atoms with E-state index in [2.05, 4.69) is 0 Å². The normalized spacial score (nSPS) is 26.5. The number of likely N-dealkylation sites (tertiary alicyclic amines) is 1. The molecule has 2 atom stereocenters. The zero-order valence-electron chi connectivity index (χ0n) is 10.5. The molecule has 1 saturated heterocycles. The van der Waals surface area contributed by atoms with E-state index >= 15 is 0 Å². The molecule has 0 radical (unpaired) electrons. The second-order valence-electron chi connectivity index (χ2n) is 5.37. The number of benzene rings is 1. The second-order valence-corrected chi connectivity index (χ2v) is 5.37. The fourth-order valence-electron chi connectivity index (χ4n) is 3.20. The molecule has 1 aromatic rings. The van der Waals surface area contributed by atoms with E-state index in [-0.39, 0.29) is 11.9 Å². The Hall–Kier alpha value is -1.78. The molecule has 1 heterocycles. The topological polar surface area (TPSA) is 49.8 Å². The van der Waals surface area contributed by atoms with Crippen molar-refractivity contribution in [3.05, 3.63) is 30.1 Å². The largest absolute Gasteiger partial charge is 0.490 e. The van der Waals surface area contributed by atoms with Gasteiger partial charge in [0.25, 0.3) is 0 Å². The van der Waals surface area contributed by atoms with Gasteiger partial charge in [-0.3, -0.25) is 0 Å². The zero-order valence-corrected chi connectivity index (χ0v) is 10.5. The molecular weight excluding hydrogens is 249 g/mol. The molecule has 5 heteroatoms. The van der Waals surface area contributed by atoms with Crippen LogP contribution < -0.4 is 4.74 Å². The fourth-order valence-corrected chi connectivity index (χ4v) is 3.20. The van der Waals surface area contributed by atoms with Crippen molar-refractivity contribution in [2.45, 2.75) is 18.9 Å². The van der Waals surface area contributed by atoms with Crippen LogP contribution in [-0.4, -0.2) is 35.3 Å². The van der Waals surface area contributed by atoms with Crippen LogP contribution >= 0.6 is 0 Å². The summed E-state index contributed by atoms with van der Waals surface area (Å²) in [6.45, 7) is 1.23. The summed E-state index contributed by atoms with van der Waals surface area (Å²) in [5.41, 5.74) is 0. The van der Waals surface area contributed by atoms with Crippen molar-refractivity contribution in [1.82, 2.24) is 4.90 Å². The van der Waals surface area contributed by atoms with E-state index in [4.69, 9.17) is 9.84 Å². The van der Waals surface area contributed by atoms with Crippen molar-refractivity contribution < 1.29 is 19.0 Å². The van der Waals surface area contributed by atoms with Crippen molar-refractivity contribution in [2.75, 3.05) is 13.1 Å². The molecule has 1 saturated carbocycles. The van der Waals surface area contributed by atoms with Gasteiger partial charge in [-0.05, 0) is 48.9 Å². The molecule has 102 valence electrons. The maximum atomic E-state index is 12.8. The lowest BCUT2D eigenvalue weighted by atomic mass is 10.0. The minimum atomic E-state index is -0.828. The van der Waals surface area contributed by atoms with Gasteiger partial charge in [-0.15, -0.1) is 0 Å². The molecule has 1 aliphatic carbocycles. The molecule has 0 unspecified atom stereocenters. The Bertz CT molecular complexity index is 462. The van der Waals surface area contributed by atoms with Gasteiger partial charge in [-0.1, -0.05) is 0 Å². The van der Waals surface area contributed by atoms with E-state index in [1.165, 1.54) is 17.0 Å². The van der Waals surface area contributed by atoms with Crippen LogP contribution in [0.5, 0.6) is 5.75 Å². The van der Waals surface area contributed by atoms with Crippen LogP contribution in [0.1, 0.15) is 12.8 Å². The number of hydrogen-bond donors (Lipinski definition) is 1. The fraction of sp³-hybridized carbons (Fsp3) is 0.500. The smallest absolute Gasteiger partial charge is 0.407 e. The van der Waals surface area contributed by atoms with E-state index in [0.29, 0.717) is 30.7 Å². The van der Waals surface area contributed by atoms with Gasteiger partial charge < -0.3 is 14.7 Å². The van der Waals surface area contributed by atoms with E-state index in [1.807, 2.05) is 0 Å². The molecule has 3 rings (SSSR count). The molecule has 0 spiro atoms. The Morgan fingerprint density at radius 2 is 1.79 bits per heavy atom. The second kappa shape index (κ2) is 4.72. The van der Waals surface area contributed by atoms with E-state index < -0.39 is 6.09 Å². The monoisotopic (exact) mass is 265 g/mol. The van der Waals surface area contributed by atoms with Crippen molar-refractivity contribution in [1.29, 1.82) is 0 Å². The van der Waals surface area contributed by atoms with Crippen molar-refractivity contribution >= 4 is 6.09 Å². The minimum absolute atomic E-state index is 0.122. The highest BCUT2D eigenvalue weighted by atomic mass is 19.1. The van der Waals surface area contributed by atoms with Gasteiger partial charge in [0, 0.05) is 13.1 Å². The highest BCUT2D eigenvalue weighted by Gasteiger charge is 2.43. The predicted octanol–water partition coefficient (Wildman–Crippen LogP) is 2.59. The van der Waals surface area contributed by atoms with Crippen molar-refractivity contribution in [2.24, 2.45) is 11.8 Å². The third-order valence-corrected chi connectivity index (χ3v) is 4.09. The lowest BCUT2D eigenvalue weighted by molar-refractivity contribution is 0.144. The average molecular weight is 265 g/mol. The Morgan fingerprint density at radius 1 is 1.21 bits per heavy atom. The van der Waals surface area contributed by atoms with E-state index in [9.17, 15) is 9.18 Å². The summed E-state index contributed by atoms with van der Waals surface area (Å²) in [6.07, 6.45) is 1.05. The van der Waals surface area contributed by atoms with Crippen LogP contribution in [0.3, 0.4) is 0 Å². The summed E-state index contributed by atoms with van der Waals surface area (Å²) >= 11 is 0. The molecule has 0 bridgehead atoms. The van der Waals surface area contributed by atoms with Gasteiger partial charge in [0.15, 0.2) is 0 Å². The Kier molecular flexibility index (Phi) is 3.05. The number of rotatable bonds is 2.